The second-order valence-corrected chi connectivity index (χ2v) is 6.40. The van der Waals surface area contributed by atoms with E-state index in [0.29, 0.717) is 5.78 Å². The Balaban J connectivity index is 0. The molecule has 0 saturated heterocycles. The first-order chi connectivity index (χ1) is 9.77. The molecule has 0 heterocycles. The molecule has 0 aliphatic rings. The fourth-order valence-corrected chi connectivity index (χ4v) is 2.75. The van der Waals surface area contributed by atoms with Gasteiger partial charge in [-0.1, -0.05) is 96.8 Å². The Morgan fingerprint density at radius 1 is 0.571 bits per heavy atom. The molecule has 0 unspecified atom stereocenters. The molecule has 0 radical (unpaired) electrons. The summed E-state index contributed by atoms with van der Waals surface area (Å²) in [4.78, 5) is 10.8. The van der Waals surface area contributed by atoms with Crippen LogP contribution in [0.15, 0.2) is 0 Å². The van der Waals surface area contributed by atoms with Gasteiger partial charge in [0.2, 0.25) is 0 Å². The molecule has 0 aromatic rings. The molecule has 0 amide bonds. The first-order valence-corrected chi connectivity index (χ1v) is 9.26. The van der Waals surface area contributed by atoms with Crippen LogP contribution in [0.1, 0.15) is 117 Å². The summed E-state index contributed by atoms with van der Waals surface area (Å²) in [6.07, 6.45) is 21.6. The molecule has 2 heteroatoms. The molecule has 0 rings (SSSR count). The van der Waals surface area contributed by atoms with Crippen molar-refractivity contribution in [3.63, 3.8) is 0 Å². The Bertz CT molecular complexity index is 204. The number of ketones is 1. The van der Waals surface area contributed by atoms with E-state index in [-0.39, 0.29) is 29.6 Å². The van der Waals surface area contributed by atoms with E-state index in [0.717, 1.165) is 12.8 Å². The van der Waals surface area contributed by atoms with Gasteiger partial charge in [0, 0.05) is 6.42 Å². The van der Waals surface area contributed by atoms with Crippen molar-refractivity contribution in [1.29, 1.82) is 0 Å². The minimum absolute atomic E-state index is 0. The van der Waals surface area contributed by atoms with Gasteiger partial charge in [-0.2, -0.15) is 0 Å². The van der Waals surface area contributed by atoms with Crippen LogP contribution in [0.25, 0.3) is 0 Å². The average Bonchev–Trinajstić information content (AvgIpc) is 2.43. The molecule has 0 fully saturated rings. The third-order valence-electron chi connectivity index (χ3n) is 4.13. The van der Waals surface area contributed by atoms with E-state index < -0.39 is 0 Å². The standard InChI is InChI=1S/C19H38O.Na.H/c1-3-4-5-6-7-8-9-10-11-12-13-14-15-16-17-18-19(2)20;;/h3-18H2,1-2H3;;. The van der Waals surface area contributed by atoms with Crippen molar-refractivity contribution in [2.75, 3.05) is 0 Å². The third-order valence-corrected chi connectivity index (χ3v) is 4.13. The summed E-state index contributed by atoms with van der Waals surface area (Å²) in [5, 5.41) is 0. The van der Waals surface area contributed by atoms with Gasteiger partial charge in [-0.15, -0.1) is 0 Å². The van der Waals surface area contributed by atoms with Crippen LogP contribution in [-0.2, 0) is 4.79 Å². The molecule has 0 aromatic carbocycles. The SMILES string of the molecule is CCCCCCCCCCCCCCCCCC(C)=O.[NaH]. The summed E-state index contributed by atoms with van der Waals surface area (Å²) >= 11 is 0. The van der Waals surface area contributed by atoms with Gasteiger partial charge in [-0.3, -0.25) is 0 Å². The van der Waals surface area contributed by atoms with Gasteiger partial charge in [0.1, 0.15) is 5.78 Å². The zero-order valence-corrected chi connectivity index (χ0v) is 14.2. The molecule has 21 heavy (non-hydrogen) atoms. The zero-order valence-electron chi connectivity index (χ0n) is 14.2. The second kappa shape index (κ2) is 20.7. The van der Waals surface area contributed by atoms with Gasteiger partial charge in [-0.25, -0.2) is 0 Å². The number of Topliss-reactive ketones (excluding diaryl/α,β-unsaturated/α-hetero) is 1. The molecule has 0 aromatic heterocycles. The number of carbonyl (C=O) groups excluding carboxylic acids is 1. The van der Waals surface area contributed by atoms with Gasteiger partial charge in [0.05, 0.1) is 0 Å². The van der Waals surface area contributed by atoms with Crippen LogP contribution in [0.2, 0.25) is 0 Å². The van der Waals surface area contributed by atoms with Crippen molar-refractivity contribution in [2.45, 2.75) is 117 Å². The summed E-state index contributed by atoms with van der Waals surface area (Å²) in [5.41, 5.74) is 0. The molecule has 0 aliphatic heterocycles. The van der Waals surface area contributed by atoms with E-state index in [1.54, 1.807) is 6.92 Å². The van der Waals surface area contributed by atoms with Crippen molar-refractivity contribution in [2.24, 2.45) is 0 Å². The minimum atomic E-state index is 0. The van der Waals surface area contributed by atoms with Gasteiger partial charge in [-0.05, 0) is 13.3 Å². The van der Waals surface area contributed by atoms with Gasteiger partial charge >= 0.3 is 29.6 Å². The van der Waals surface area contributed by atoms with E-state index in [9.17, 15) is 4.79 Å². The van der Waals surface area contributed by atoms with Crippen LogP contribution < -0.4 is 0 Å². The number of rotatable bonds is 16. The van der Waals surface area contributed by atoms with Gasteiger partial charge in [0.15, 0.2) is 0 Å². The molecule has 0 atom stereocenters. The fraction of sp³-hybridized carbons (Fsp3) is 0.947. The quantitative estimate of drug-likeness (QED) is 0.245. The van der Waals surface area contributed by atoms with Crippen LogP contribution in [0, 0.1) is 0 Å². The van der Waals surface area contributed by atoms with Crippen molar-refractivity contribution < 1.29 is 4.79 Å². The second-order valence-electron chi connectivity index (χ2n) is 6.40. The summed E-state index contributed by atoms with van der Waals surface area (Å²) < 4.78 is 0. The number of carbonyl (C=O) groups is 1. The molecule has 122 valence electrons. The Morgan fingerprint density at radius 2 is 0.857 bits per heavy atom. The summed E-state index contributed by atoms with van der Waals surface area (Å²) in [6.45, 7) is 3.98. The number of unbranched alkanes of at least 4 members (excludes halogenated alkanes) is 14. The summed E-state index contributed by atoms with van der Waals surface area (Å²) in [5.74, 6) is 0.347. The van der Waals surface area contributed by atoms with Crippen molar-refractivity contribution >= 4 is 35.3 Å². The van der Waals surface area contributed by atoms with E-state index in [2.05, 4.69) is 6.92 Å². The maximum atomic E-state index is 10.8. The summed E-state index contributed by atoms with van der Waals surface area (Å²) in [7, 11) is 0. The fourth-order valence-electron chi connectivity index (χ4n) is 2.75. The number of hydrogen-bond acceptors (Lipinski definition) is 1. The first kappa shape index (κ1) is 23.9. The zero-order chi connectivity index (χ0) is 14.9. The molecular weight excluding hydrogens is 267 g/mol. The van der Waals surface area contributed by atoms with Crippen LogP contribution in [-0.4, -0.2) is 35.3 Å². The van der Waals surface area contributed by atoms with E-state index in [1.165, 1.54) is 89.9 Å². The van der Waals surface area contributed by atoms with Crippen molar-refractivity contribution in [1.82, 2.24) is 0 Å². The molecule has 1 nitrogen and oxygen atoms in total. The van der Waals surface area contributed by atoms with E-state index in [1.807, 2.05) is 0 Å². The Hall–Kier alpha value is 0.670. The van der Waals surface area contributed by atoms with Crippen molar-refractivity contribution in [3.05, 3.63) is 0 Å². The average molecular weight is 307 g/mol. The van der Waals surface area contributed by atoms with Crippen LogP contribution in [0.4, 0.5) is 0 Å². The topological polar surface area (TPSA) is 17.1 Å². The molecule has 0 N–H and O–H groups in total. The Labute approximate surface area is 156 Å². The van der Waals surface area contributed by atoms with Gasteiger partial charge < -0.3 is 4.79 Å². The molecular formula is C19H39NaO. The predicted octanol–water partition coefficient (Wildman–Crippen LogP) is 6.19. The van der Waals surface area contributed by atoms with Crippen LogP contribution in [0.3, 0.4) is 0 Å². The molecule has 0 saturated carbocycles. The Morgan fingerprint density at radius 3 is 1.14 bits per heavy atom. The predicted molar refractivity (Wildman–Crippen MR) is 97.4 cm³/mol. The normalized spacial score (nSPS) is 10.4. The maximum absolute atomic E-state index is 10.8. The van der Waals surface area contributed by atoms with Crippen LogP contribution >= 0.6 is 0 Å². The number of hydrogen-bond donors (Lipinski definition) is 0. The van der Waals surface area contributed by atoms with Crippen molar-refractivity contribution in [3.8, 4) is 0 Å². The van der Waals surface area contributed by atoms with E-state index in [4.69, 9.17) is 0 Å². The third kappa shape index (κ3) is 23.1. The summed E-state index contributed by atoms with van der Waals surface area (Å²) in [6, 6.07) is 0. The first-order valence-electron chi connectivity index (χ1n) is 9.26. The van der Waals surface area contributed by atoms with E-state index >= 15 is 0 Å². The molecule has 0 bridgehead atoms. The molecule has 0 aliphatic carbocycles. The van der Waals surface area contributed by atoms with Gasteiger partial charge in [0.25, 0.3) is 0 Å². The Kier molecular flexibility index (Phi) is 23.6. The monoisotopic (exact) mass is 306 g/mol. The van der Waals surface area contributed by atoms with Crippen LogP contribution in [0.5, 0.6) is 0 Å². The molecule has 0 spiro atoms.